The van der Waals surface area contributed by atoms with E-state index in [1.54, 1.807) is 9.36 Å². The lowest BCUT2D eigenvalue weighted by atomic mass is 10.0. The molecule has 4 rings (SSSR count). The monoisotopic (exact) mass is 503 g/mol. The van der Waals surface area contributed by atoms with Crippen molar-refractivity contribution in [2.45, 2.75) is 24.9 Å². The fourth-order valence-electron chi connectivity index (χ4n) is 2.92. The zero-order valence-corrected chi connectivity index (χ0v) is 17.1. The molecule has 26 heavy (non-hydrogen) atoms. The van der Waals surface area contributed by atoms with Gasteiger partial charge in [-0.2, -0.15) is 9.78 Å². The number of halogens is 1. The number of hydrogen-bond donors (Lipinski definition) is 2. The van der Waals surface area contributed by atoms with Crippen LogP contribution in [0.2, 0.25) is 0 Å². The lowest BCUT2D eigenvalue weighted by Gasteiger charge is -2.27. The van der Waals surface area contributed by atoms with Crippen molar-refractivity contribution in [2.75, 3.05) is 6.61 Å². The average Bonchev–Trinajstić information content (AvgIpc) is 3.20. The second kappa shape index (κ2) is 7.26. The van der Waals surface area contributed by atoms with Gasteiger partial charge in [0.1, 0.15) is 6.10 Å². The highest BCUT2D eigenvalue weighted by atomic mass is 127. The first-order valence-corrected chi connectivity index (χ1v) is 9.62. The molecule has 3 N–H and O–H groups in total. The minimum atomic E-state index is -0.501. The maximum absolute atomic E-state index is 5.87. The SMILES string of the molecule is NC(=S)NN=C1C[C@H](n2nnn(-c3ccc(I)cc3)c2=S)[C@H]2CO[C@@H]1O2. The van der Waals surface area contributed by atoms with Gasteiger partial charge in [0.15, 0.2) is 11.4 Å². The molecule has 2 fully saturated rings. The largest absolute Gasteiger partial charge is 0.375 e. The highest BCUT2D eigenvalue weighted by Crippen LogP contribution is 2.33. The second-order valence-electron chi connectivity index (χ2n) is 5.78. The topological polar surface area (TPSA) is 105 Å². The van der Waals surface area contributed by atoms with Crippen LogP contribution < -0.4 is 11.2 Å². The number of tetrazole rings is 1. The summed E-state index contributed by atoms with van der Waals surface area (Å²) in [5.74, 6) is 0. The molecule has 0 radical (unpaired) electrons. The summed E-state index contributed by atoms with van der Waals surface area (Å²) in [6.45, 7) is 0.430. The summed E-state index contributed by atoms with van der Waals surface area (Å²) in [4.78, 5) is 0. The van der Waals surface area contributed by atoms with Crippen LogP contribution in [-0.4, -0.2) is 49.6 Å². The summed E-state index contributed by atoms with van der Waals surface area (Å²) >= 11 is 12.6. The molecule has 12 heteroatoms. The van der Waals surface area contributed by atoms with Crippen molar-refractivity contribution in [1.29, 1.82) is 0 Å². The number of hydrazone groups is 1. The van der Waals surface area contributed by atoms with Crippen LogP contribution >= 0.6 is 47.0 Å². The minimum absolute atomic E-state index is 0.0791. The van der Waals surface area contributed by atoms with Gasteiger partial charge in [-0.1, -0.05) is 0 Å². The Labute approximate surface area is 172 Å². The van der Waals surface area contributed by atoms with Gasteiger partial charge in [0, 0.05) is 9.99 Å². The number of aromatic nitrogens is 4. The van der Waals surface area contributed by atoms with Crippen molar-refractivity contribution < 1.29 is 9.47 Å². The standard InChI is InChI=1S/C14H14IN7O2S2/c15-7-1-3-8(4-2-7)21-14(26)22(20-19-21)10-5-9(17-18-13(16)25)12-23-6-11(10)24-12/h1-4,10-12H,5-6H2,(H3,16,18,25)/t10-,11+,12+/m0/s1. The van der Waals surface area contributed by atoms with Gasteiger partial charge >= 0.3 is 0 Å². The highest BCUT2D eigenvalue weighted by molar-refractivity contribution is 14.1. The number of rotatable bonds is 3. The van der Waals surface area contributed by atoms with Crippen molar-refractivity contribution in [3.63, 3.8) is 0 Å². The zero-order valence-electron chi connectivity index (χ0n) is 13.3. The third-order valence-electron chi connectivity index (χ3n) is 4.13. The van der Waals surface area contributed by atoms with Crippen LogP contribution in [-0.2, 0) is 9.47 Å². The van der Waals surface area contributed by atoms with Crippen LogP contribution in [0.5, 0.6) is 0 Å². The Morgan fingerprint density at radius 3 is 2.85 bits per heavy atom. The van der Waals surface area contributed by atoms with E-state index in [-0.39, 0.29) is 17.3 Å². The number of fused-ring (bicyclic) bond motifs is 2. The number of ether oxygens (including phenoxy) is 2. The molecule has 2 aliphatic rings. The Bertz CT molecular complexity index is 926. The molecule has 0 saturated carbocycles. The van der Waals surface area contributed by atoms with Crippen LogP contribution in [0.3, 0.4) is 0 Å². The lowest BCUT2D eigenvalue weighted by molar-refractivity contribution is -0.0324. The predicted molar refractivity (Wildman–Crippen MR) is 109 cm³/mol. The quantitative estimate of drug-likeness (QED) is 0.367. The molecule has 0 amide bonds. The molecule has 3 heterocycles. The van der Waals surface area contributed by atoms with Crippen molar-refractivity contribution in [2.24, 2.45) is 10.8 Å². The number of nitrogens with one attached hydrogen (secondary N) is 1. The van der Waals surface area contributed by atoms with Gasteiger partial charge in [0.25, 0.3) is 0 Å². The van der Waals surface area contributed by atoms with Crippen molar-refractivity contribution >= 4 is 57.9 Å². The fraction of sp³-hybridized carbons (Fsp3) is 0.357. The molecule has 2 bridgehead atoms. The molecule has 1 aromatic heterocycles. The molecule has 1 aromatic carbocycles. The van der Waals surface area contributed by atoms with Gasteiger partial charge in [-0.3, -0.25) is 5.43 Å². The molecule has 3 atom stereocenters. The predicted octanol–water partition coefficient (Wildman–Crippen LogP) is 1.28. The molecule has 136 valence electrons. The number of nitrogens with two attached hydrogens (primary N) is 1. The maximum atomic E-state index is 5.87. The zero-order chi connectivity index (χ0) is 18.3. The normalized spacial score (nSPS) is 26.2. The van der Waals surface area contributed by atoms with Crippen molar-refractivity contribution in [1.82, 2.24) is 25.2 Å². The average molecular weight is 503 g/mol. The Kier molecular flexibility index (Phi) is 5.00. The molecule has 2 saturated heterocycles. The second-order valence-corrected chi connectivity index (χ2v) is 7.84. The van der Waals surface area contributed by atoms with Crippen LogP contribution in [0, 0.1) is 8.34 Å². The molecule has 0 unspecified atom stereocenters. The summed E-state index contributed by atoms with van der Waals surface area (Å²) < 4.78 is 16.4. The van der Waals surface area contributed by atoms with E-state index in [1.807, 2.05) is 24.3 Å². The number of hydrogen-bond acceptors (Lipinski definition) is 7. The summed E-state index contributed by atoms with van der Waals surface area (Å²) in [5.41, 5.74) is 9.52. The van der Waals surface area contributed by atoms with Gasteiger partial charge in [0.2, 0.25) is 4.77 Å². The summed E-state index contributed by atoms with van der Waals surface area (Å²) in [7, 11) is 0. The molecule has 0 aliphatic carbocycles. The first-order chi connectivity index (χ1) is 12.5. The van der Waals surface area contributed by atoms with E-state index in [4.69, 9.17) is 39.6 Å². The van der Waals surface area contributed by atoms with Gasteiger partial charge in [-0.25, -0.2) is 4.68 Å². The van der Waals surface area contributed by atoms with Crippen molar-refractivity contribution in [3.05, 3.63) is 32.6 Å². The van der Waals surface area contributed by atoms with Crippen LogP contribution in [0.4, 0.5) is 0 Å². The minimum Gasteiger partial charge on any atom is -0.375 e. The van der Waals surface area contributed by atoms with Gasteiger partial charge < -0.3 is 15.2 Å². The van der Waals surface area contributed by atoms with Gasteiger partial charge in [0.05, 0.1) is 24.0 Å². The van der Waals surface area contributed by atoms with E-state index in [0.717, 1.165) is 9.26 Å². The van der Waals surface area contributed by atoms with E-state index >= 15 is 0 Å². The Morgan fingerprint density at radius 2 is 2.12 bits per heavy atom. The third-order valence-corrected chi connectivity index (χ3v) is 5.30. The van der Waals surface area contributed by atoms with E-state index in [9.17, 15) is 0 Å². The van der Waals surface area contributed by atoms with Crippen molar-refractivity contribution in [3.8, 4) is 5.69 Å². The first-order valence-electron chi connectivity index (χ1n) is 7.72. The van der Waals surface area contributed by atoms with Crippen LogP contribution in [0.1, 0.15) is 12.5 Å². The summed E-state index contributed by atoms with van der Waals surface area (Å²) in [5, 5.41) is 12.7. The maximum Gasteiger partial charge on any atom is 0.221 e. The highest BCUT2D eigenvalue weighted by Gasteiger charge is 2.44. The van der Waals surface area contributed by atoms with Gasteiger partial charge in [-0.05, 0) is 81.7 Å². The summed E-state index contributed by atoms with van der Waals surface area (Å²) in [6.07, 6.45) is -0.124. The first kappa shape index (κ1) is 17.9. The number of benzene rings is 1. The van der Waals surface area contributed by atoms with E-state index in [0.29, 0.717) is 23.5 Å². The summed E-state index contributed by atoms with van der Waals surface area (Å²) in [6, 6.07) is 7.69. The van der Waals surface area contributed by atoms with E-state index < -0.39 is 6.29 Å². The molecule has 9 nitrogen and oxygen atoms in total. The van der Waals surface area contributed by atoms with Crippen LogP contribution in [0.15, 0.2) is 29.4 Å². The third kappa shape index (κ3) is 3.38. The number of thiocarbonyl (C=S) groups is 1. The molecular weight excluding hydrogens is 489 g/mol. The molecule has 2 aliphatic heterocycles. The number of nitrogens with zero attached hydrogens (tertiary/aromatic N) is 5. The molecule has 0 spiro atoms. The Balaban J connectivity index is 1.65. The Morgan fingerprint density at radius 1 is 1.35 bits per heavy atom. The fourth-order valence-corrected chi connectivity index (χ4v) is 3.64. The van der Waals surface area contributed by atoms with Crippen LogP contribution in [0.25, 0.3) is 5.69 Å². The lowest BCUT2D eigenvalue weighted by Crippen LogP contribution is -2.39. The van der Waals surface area contributed by atoms with Gasteiger partial charge in [-0.15, -0.1) is 0 Å². The van der Waals surface area contributed by atoms with E-state index in [1.165, 1.54) is 0 Å². The Hall–Kier alpha value is -1.48. The molecule has 2 aromatic rings. The molecular formula is C14H14IN7O2S2. The smallest absolute Gasteiger partial charge is 0.221 e. The van der Waals surface area contributed by atoms with E-state index in [2.05, 4.69) is 43.5 Å².